The molecule has 134 valence electrons. The van der Waals surface area contributed by atoms with E-state index in [4.69, 9.17) is 16.3 Å². The summed E-state index contributed by atoms with van der Waals surface area (Å²) in [7, 11) is 0. The van der Waals surface area contributed by atoms with Crippen LogP contribution in [0.15, 0.2) is 30.3 Å². The highest BCUT2D eigenvalue weighted by Gasteiger charge is 2.31. The second-order valence-electron chi connectivity index (χ2n) is 7.38. The van der Waals surface area contributed by atoms with E-state index in [0.29, 0.717) is 10.6 Å². The van der Waals surface area contributed by atoms with Crippen LogP contribution in [0.3, 0.4) is 0 Å². The number of rotatable bonds is 4. The molecule has 3 nitrogen and oxygen atoms in total. The molecule has 0 aromatic heterocycles. The fraction of sp³-hybridized carbons (Fsp3) is 0.381. The summed E-state index contributed by atoms with van der Waals surface area (Å²) >= 11 is 6.02. The lowest BCUT2D eigenvalue weighted by Gasteiger charge is -2.29. The molecule has 2 aromatic rings. The van der Waals surface area contributed by atoms with Crippen molar-refractivity contribution in [3.63, 3.8) is 0 Å². The summed E-state index contributed by atoms with van der Waals surface area (Å²) in [5, 5.41) is 10.5. The van der Waals surface area contributed by atoms with E-state index in [9.17, 15) is 9.90 Å². The van der Waals surface area contributed by atoms with E-state index in [1.165, 1.54) is 0 Å². The lowest BCUT2D eigenvalue weighted by Crippen LogP contribution is -2.28. The number of ether oxygens (including phenoxy) is 1. The third-order valence-electron chi connectivity index (χ3n) is 4.18. The van der Waals surface area contributed by atoms with Gasteiger partial charge >= 0.3 is 5.97 Å². The van der Waals surface area contributed by atoms with Gasteiger partial charge in [0.15, 0.2) is 6.10 Å². The van der Waals surface area contributed by atoms with E-state index in [1.807, 2.05) is 71.9 Å². The van der Waals surface area contributed by atoms with E-state index in [2.05, 4.69) is 0 Å². The number of benzene rings is 2. The molecular formula is C21H25ClO3. The third-order valence-corrected chi connectivity index (χ3v) is 4.44. The van der Waals surface area contributed by atoms with Gasteiger partial charge in [0.05, 0.1) is 5.60 Å². The van der Waals surface area contributed by atoms with Crippen molar-refractivity contribution in [2.45, 2.75) is 53.2 Å². The van der Waals surface area contributed by atoms with Crippen LogP contribution in [-0.2, 0) is 9.53 Å². The molecule has 0 spiro atoms. The van der Waals surface area contributed by atoms with Crippen LogP contribution in [0.5, 0.6) is 0 Å². The first-order valence-corrected chi connectivity index (χ1v) is 8.66. The summed E-state index contributed by atoms with van der Waals surface area (Å²) in [6, 6.07) is 9.49. The zero-order chi connectivity index (χ0) is 18.9. The molecular weight excluding hydrogens is 336 g/mol. The molecule has 0 heterocycles. The summed E-state index contributed by atoms with van der Waals surface area (Å²) in [6.45, 7) is 11.6. The molecule has 0 radical (unpaired) electrons. The fourth-order valence-corrected chi connectivity index (χ4v) is 3.15. The molecule has 0 amide bonds. The summed E-state index contributed by atoms with van der Waals surface area (Å²) in [5.74, 6) is -0.989. The van der Waals surface area contributed by atoms with Gasteiger partial charge in [0.2, 0.25) is 0 Å². The van der Waals surface area contributed by atoms with Gasteiger partial charge in [-0.2, -0.15) is 0 Å². The Hall–Kier alpha value is -1.84. The normalized spacial score (nSPS) is 12.9. The van der Waals surface area contributed by atoms with E-state index in [-0.39, 0.29) is 0 Å². The average molecular weight is 361 g/mol. The lowest BCUT2D eigenvalue weighted by molar-refractivity contribution is -0.160. The van der Waals surface area contributed by atoms with Crippen LogP contribution in [0, 0.1) is 20.8 Å². The van der Waals surface area contributed by atoms with Gasteiger partial charge in [0, 0.05) is 10.6 Å². The van der Waals surface area contributed by atoms with Crippen LogP contribution in [0.25, 0.3) is 11.1 Å². The molecule has 1 atom stereocenters. The van der Waals surface area contributed by atoms with Crippen molar-refractivity contribution in [2.24, 2.45) is 0 Å². The monoisotopic (exact) mass is 360 g/mol. The first kappa shape index (κ1) is 19.5. The summed E-state index contributed by atoms with van der Waals surface area (Å²) < 4.78 is 5.92. The number of carboxylic acids is 1. The van der Waals surface area contributed by atoms with Gasteiger partial charge in [-0.15, -0.1) is 0 Å². The van der Waals surface area contributed by atoms with E-state index < -0.39 is 17.7 Å². The molecule has 0 saturated carbocycles. The van der Waals surface area contributed by atoms with Crippen molar-refractivity contribution in [3.05, 3.63) is 57.6 Å². The summed E-state index contributed by atoms with van der Waals surface area (Å²) in [4.78, 5) is 12.0. The Morgan fingerprint density at radius 1 is 1.08 bits per heavy atom. The zero-order valence-electron chi connectivity index (χ0n) is 15.6. The molecule has 4 heteroatoms. The van der Waals surface area contributed by atoms with Crippen molar-refractivity contribution >= 4 is 17.6 Å². The third kappa shape index (κ3) is 4.42. The molecule has 2 aromatic carbocycles. The first-order valence-electron chi connectivity index (χ1n) is 8.28. The Morgan fingerprint density at radius 3 is 2.12 bits per heavy atom. The van der Waals surface area contributed by atoms with Gasteiger partial charge in [0.1, 0.15) is 0 Å². The van der Waals surface area contributed by atoms with Crippen molar-refractivity contribution < 1.29 is 14.6 Å². The van der Waals surface area contributed by atoms with Gasteiger partial charge in [-0.3, -0.25) is 0 Å². The molecule has 0 bridgehead atoms. The number of hydrogen-bond donors (Lipinski definition) is 1. The predicted molar refractivity (Wildman–Crippen MR) is 102 cm³/mol. The molecule has 25 heavy (non-hydrogen) atoms. The first-order chi connectivity index (χ1) is 11.5. The number of aryl methyl sites for hydroxylation is 2. The van der Waals surface area contributed by atoms with Gasteiger partial charge in [0.25, 0.3) is 0 Å². The Bertz CT molecular complexity index is 786. The molecule has 1 N–H and O–H groups in total. The number of hydrogen-bond acceptors (Lipinski definition) is 2. The summed E-state index contributed by atoms with van der Waals surface area (Å²) in [5.41, 5.74) is 5.04. The molecule has 2 rings (SSSR count). The van der Waals surface area contributed by atoms with Crippen LogP contribution in [0.1, 0.15) is 49.1 Å². The fourth-order valence-electron chi connectivity index (χ4n) is 3.02. The second kappa shape index (κ2) is 7.19. The quantitative estimate of drug-likeness (QED) is 0.741. The molecule has 0 saturated heterocycles. The van der Waals surface area contributed by atoms with Crippen LogP contribution in [-0.4, -0.2) is 16.7 Å². The number of carbonyl (C=O) groups is 1. The Balaban J connectivity index is 2.77. The number of carboxylic acid groups (broad SMARTS) is 1. The molecule has 0 fully saturated rings. The van der Waals surface area contributed by atoms with Crippen LogP contribution >= 0.6 is 11.6 Å². The zero-order valence-corrected chi connectivity index (χ0v) is 16.4. The highest BCUT2D eigenvalue weighted by Crippen LogP contribution is 2.39. The topological polar surface area (TPSA) is 46.5 Å². The average Bonchev–Trinajstić information content (AvgIpc) is 2.48. The van der Waals surface area contributed by atoms with Crippen molar-refractivity contribution in [1.29, 1.82) is 0 Å². The van der Waals surface area contributed by atoms with Crippen molar-refractivity contribution in [2.75, 3.05) is 0 Å². The Labute approximate surface area is 154 Å². The number of aliphatic carboxylic acids is 1. The maximum absolute atomic E-state index is 12.0. The summed E-state index contributed by atoms with van der Waals surface area (Å²) in [6.07, 6.45) is -1.04. The van der Waals surface area contributed by atoms with E-state index in [1.54, 1.807) is 0 Å². The van der Waals surface area contributed by atoms with E-state index >= 15 is 0 Å². The highest BCUT2D eigenvalue weighted by molar-refractivity contribution is 6.30. The van der Waals surface area contributed by atoms with Gasteiger partial charge in [-0.05, 0) is 81.5 Å². The second-order valence-corrected chi connectivity index (χ2v) is 7.82. The predicted octanol–water partition coefficient (Wildman–Crippen LogP) is 5.87. The maximum atomic E-state index is 12.0. The van der Waals surface area contributed by atoms with Crippen molar-refractivity contribution in [3.8, 4) is 11.1 Å². The standard InChI is InChI=1S/C21H25ClO3/c1-12-11-13(2)17(19(20(23)24)25-21(4,5)6)18(14(12)3)15-7-9-16(22)10-8-15/h7-11,19H,1-6H3,(H,23,24). The van der Waals surface area contributed by atoms with Crippen LogP contribution in [0.2, 0.25) is 5.02 Å². The highest BCUT2D eigenvalue weighted by atomic mass is 35.5. The van der Waals surface area contributed by atoms with E-state index in [0.717, 1.165) is 27.8 Å². The molecule has 0 aliphatic rings. The number of halogens is 1. The van der Waals surface area contributed by atoms with Gasteiger partial charge < -0.3 is 9.84 Å². The minimum atomic E-state index is -1.04. The smallest absolute Gasteiger partial charge is 0.337 e. The lowest BCUT2D eigenvalue weighted by atomic mass is 9.86. The van der Waals surface area contributed by atoms with Gasteiger partial charge in [-0.25, -0.2) is 4.79 Å². The minimum Gasteiger partial charge on any atom is -0.479 e. The Morgan fingerprint density at radius 2 is 1.64 bits per heavy atom. The van der Waals surface area contributed by atoms with Crippen LogP contribution < -0.4 is 0 Å². The largest absolute Gasteiger partial charge is 0.479 e. The molecule has 0 aliphatic carbocycles. The molecule has 1 unspecified atom stereocenters. The Kier molecular flexibility index (Phi) is 5.60. The van der Waals surface area contributed by atoms with Crippen LogP contribution in [0.4, 0.5) is 0 Å². The van der Waals surface area contributed by atoms with Gasteiger partial charge in [-0.1, -0.05) is 29.8 Å². The maximum Gasteiger partial charge on any atom is 0.337 e. The SMILES string of the molecule is Cc1cc(C)c(C(OC(C)(C)C)C(=O)O)c(-c2ccc(Cl)cc2)c1C. The van der Waals surface area contributed by atoms with Crippen molar-refractivity contribution in [1.82, 2.24) is 0 Å². The minimum absolute atomic E-state index is 0.578. The molecule has 0 aliphatic heterocycles.